The van der Waals surface area contributed by atoms with Crippen molar-refractivity contribution in [3.63, 3.8) is 0 Å². The van der Waals surface area contributed by atoms with Crippen LogP contribution < -0.4 is 5.32 Å². The van der Waals surface area contributed by atoms with Gasteiger partial charge in [0, 0.05) is 16.8 Å². The van der Waals surface area contributed by atoms with Crippen molar-refractivity contribution in [2.75, 3.05) is 5.32 Å². The van der Waals surface area contributed by atoms with E-state index < -0.39 is 0 Å². The van der Waals surface area contributed by atoms with E-state index in [0.717, 1.165) is 0 Å². The van der Waals surface area contributed by atoms with Crippen LogP contribution in [0.1, 0.15) is 41.3 Å². The Morgan fingerprint density at radius 3 is 2.43 bits per heavy atom. The molecule has 0 radical (unpaired) electrons. The molecule has 0 aliphatic rings. The van der Waals surface area contributed by atoms with Gasteiger partial charge in [-0.25, -0.2) is 0 Å². The van der Waals surface area contributed by atoms with Crippen molar-refractivity contribution >= 4 is 23.2 Å². The summed E-state index contributed by atoms with van der Waals surface area (Å²) in [7, 11) is 0. The Bertz CT molecular complexity index is 666. The molecule has 0 spiro atoms. The highest BCUT2D eigenvalue weighted by molar-refractivity contribution is 6.33. The number of benzene rings is 2. The number of hydrogen-bond donors (Lipinski definition) is 2. The van der Waals surface area contributed by atoms with Gasteiger partial charge in [-0.2, -0.15) is 0 Å². The number of nitrogens with one attached hydrogen (secondary N) is 1. The Balaban J connectivity index is 2.39. The molecule has 0 aliphatic carbocycles. The second-order valence-electron chi connectivity index (χ2n) is 5.28. The molecule has 0 unspecified atom stereocenters. The fourth-order valence-electron chi connectivity index (χ4n) is 2.11. The van der Waals surface area contributed by atoms with Gasteiger partial charge in [-0.15, -0.1) is 0 Å². The molecule has 21 heavy (non-hydrogen) atoms. The molecule has 0 fully saturated rings. The maximum atomic E-state index is 12.2. The predicted molar refractivity (Wildman–Crippen MR) is 86.3 cm³/mol. The number of anilines is 1. The molecule has 2 aromatic rings. The summed E-state index contributed by atoms with van der Waals surface area (Å²) >= 11 is 6.16. The maximum absolute atomic E-state index is 12.2. The van der Waals surface area contributed by atoms with Crippen LogP contribution in [0.25, 0.3) is 0 Å². The molecule has 2 rings (SSSR count). The van der Waals surface area contributed by atoms with Gasteiger partial charge in [0.05, 0.1) is 5.02 Å². The van der Waals surface area contributed by atoms with Gasteiger partial charge < -0.3 is 10.4 Å². The summed E-state index contributed by atoms with van der Waals surface area (Å²) in [5, 5.41) is 13.2. The number of carbonyl (C=O) groups is 1. The number of amides is 1. The van der Waals surface area contributed by atoms with Crippen molar-refractivity contribution in [1.29, 1.82) is 0 Å². The monoisotopic (exact) mass is 303 g/mol. The first-order chi connectivity index (χ1) is 9.91. The SMILES string of the molecule is Cc1c(NC(=O)c2ccccc2)cc(C(C)C)c(O)c1Cl. The standard InChI is InChI=1S/C17H18ClNO2/c1-10(2)13-9-14(11(3)15(18)16(13)20)19-17(21)12-7-5-4-6-8-12/h4-10,20H,1-3H3,(H,19,21). The average molecular weight is 304 g/mol. The third-order valence-electron chi connectivity index (χ3n) is 3.42. The highest BCUT2D eigenvalue weighted by Crippen LogP contribution is 2.39. The van der Waals surface area contributed by atoms with Crippen molar-refractivity contribution in [3.05, 3.63) is 58.1 Å². The van der Waals surface area contributed by atoms with Gasteiger partial charge in [0.2, 0.25) is 0 Å². The van der Waals surface area contributed by atoms with E-state index in [-0.39, 0.29) is 22.6 Å². The van der Waals surface area contributed by atoms with E-state index in [4.69, 9.17) is 11.6 Å². The summed E-state index contributed by atoms with van der Waals surface area (Å²) in [5.41, 5.74) is 2.57. The smallest absolute Gasteiger partial charge is 0.255 e. The van der Waals surface area contributed by atoms with Crippen LogP contribution in [0.4, 0.5) is 5.69 Å². The van der Waals surface area contributed by atoms with Gasteiger partial charge in [-0.3, -0.25) is 4.79 Å². The number of rotatable bonds is 3. The van der Waals surface area contributed by atoms with Gasteiger partial charge in [0.1, 0.15) is 5.75 Å². The molecule has 0 heterocycles. The number of halogens is 1. The lowest BCUT2D eigenvalue weighted by atomic mass is 9.99. The molecule has 0 saturated heterocycles. The zero-order chi connectivity index (χ0) is 15.6. The Morgan fingerprint density at radius 2 is 1.86 bits per heavy atom. The summed E-state index contributed by atoms with van der Waals surface area (Å²) in [4.78, 5) is 12.2. The summed E-state index contributed by atoms with van der Waals surface area (Å²) in [6.45, 7) is 5.69. The third-order valence-corrected chi connectivity index (χ3v) is 3.88. The molecule has 2 aromatic carbocycles. The third kappa shape index (κ3) is 3.19. The van der Waals surface area contributed by atoms with E-state index in [9.17, 15) is 9.90 Å². The van der Waals surface area contributed by atoms with Crippen molar-refractivity contribution in [3.8, 4) is 5.75 Å². The van der Waals surface area contributed by atoms with Gasteiger partial charge in [0.15, 0.2) is 0 Å². The van der Waals surface area contributed by atoms with Crippen LogP contribution in [-0.2, 0) is 0 Å². The van der Waals surface area contributed by atoms with Crippen LogP contribution in [0.15, 0.2) is 36.4 Å². The van der Waals surface area contributed by atoms with E-state index in [2.05, 4.69) is 5.32 Å². The fraction of sp³-hybridized carbons (Fsp3) is 0.235. The van der Waals surface area contributed by atoms with E-state index in [0.29, 0.717) is 22.4 Å². The molecule has 0 atom stereocenters. The van der Waals surface area contributed by atoms with Crippen LogP contribution in [0.2, 0.25) is 5.02 Å². The van der Waals surface area contributed by atoms with Crippen LogP contribution in [-0.4, -0.2) is 11.0 Å². The lowest BCUT2D eigenvalue weighted by Crippen LogP contribution is -2.13. The Morgan fingerprint density at radius 1 is 1.24 bits per heavy atom. The number of aromatic hydroxyl groups is 1. The molecule has 1 amide bonds. The largest absolute Gasteiger partial charge is 0.506 e. The van der Waals surface area contributed by atoms with E-state index in [1.54, 1.807) is 25.1 Å². The Labute approximate surface area is 129 Å². The molecule has 2 N–H and O–H groups in total. The number of hydrogen-bond acceptors (Lipinski definition) is 2. The van der Waals surface area contributed by atoms with Crippen LogP contribution >= 0.6 is 11.6 Å². The molecule has 0 aromatic heterocycles. The summed E-state index contributed by atoms with van der Waals surface area (Å²) < 4.78 is 0. The number of carbonyl (C=O) groups excluding carboxylic acids is 1. The van der Waals surface area contributed by atoms with Crippen LogP contribution in [0.5, 0.6) is 5.75 Å². The summed E-state index contributed by atoms with van der Waals surface area (Å²) in [6.07, 6.45) is 0. The van der Waals surface area contributed by atoms with Gasteiger partial charge in [0.25, 0.3) is 5.91 Å². The van der Waals surface area contributed by atoms with Gasteiger partial charge >= 0.3 is 0 Å². The molecule has 0 bridgehead atoms. The van der Waals surface area contributed by atoms with E-state index in [1.165, 1.54) is 0 Å². The molecule has 110 valence electrons. The van der Waals surface area contributed by atoms with Crippen molar-refractivity contribution in [2.45, 2.75) is 26.7 Å². The Kier molecular flexibility index (Phi) is 4.53. The van der Waals surface area contributed by atoms with Crippen LogP contribution in [0.3, 0.4) is 0 Å². The number of phenols is 1. The zero-order valence-corrected chi connectivity index (χ0v) is 13.0. The van der Waals surface area contributed by atoms with E-state index >= 15 is 0 Å². The maximum Gasteiger partial charge on any atom is 0.255 e. The first kappa shape index (κ1) is 15.4. The van der Waals surface area contributed by atoms with Crippen molar-refractivity contribution in [2.24, 2.45) is 0 Å². The lowest BCUT2D eigenvalue weighted by molar-refractivity contribution is 0.102. The summed E-state index contributed by atoms with van der Waals surface area (Å²) in [6, 6.07) is 10.8. The molecular formula is C17H18ClNO2. The second kappa shape index (κ2) is 6.19. The lowest BCUT2D eigenvalue weighted by Gasteiger charge is -2.16. The molecule has 0 aliphatic heterocycles. The summed E-state index contributed by atoms with van der Waals surface area (Å²) in [5.74, 6) is -0.00693. The highest BCUT2D eigenvalue weighted by Gasteiger charge is 2.17. The normalized spacial score (nSPS) is 10.7. The minimum atomic E-state index is -0.199. The minimum absolute atomic E-state index is 0.0851. The fourth-order valence-corrected chi connectivity index (χ4v) is 2.32. The molecular weight excluding hydrogens is 286 g/mol. The van der Waals surface area contributed by atoms with Crippen molar-refractivity contribution < 1.29 is 9.90 Å². The molecule has 4 heteroatoms. The Hall–Kier alpha value is -2.00. The van der Waals surface area contributed by atoms with Crippen molar-refractivity contribution in [1.82, 2.24) is 0 Å². The first-order valence-corrected chi connectivity index (χ1v) is 7.18. The topological polar surface area (TPSA) is 49.3 Å². The molecule has 3 nitrogen and oxygen atoms in total. The predicted octanol–water partition coefficient (Wildman–Crippen LogP) is 4.73. The second-order valence-corrected chi connectivity index (χ2v) is 5.65. The molecule has 0 saturated carbocycles. The quantitative estimate of drug-likeness (QED) is 0.805. The number of phenolic OH excluding ortho intramolecular Hbond substituents is 1. The minimum Gasteiger partial charge on any atom is -0.506 e. The average Bonchev–Trinajstić information content (AvgIpc) is 2.48. The first-order valence-electron chi connectivity index (χ1n) is 6.80. The van der Waals surface area contributed by atoms with E-state index in [1.807, 2.05) is 32.0 Å². The van der Waals surface area contributed by atoms with Crippen LogP contribution in [0, 0.1) is 6.92 Å². The highest BCUT2D eigenvalue weighted by atomic mass is 35.5. The van der Waals surface area contributed by atoms with Gasteiger partial charge in [-0.1, -0.05) is 43.6 Å². The van der Waals surface area contributed by atoms with Gasteiger partial charge in [-0.05, 0) is 36.6 Å². The zero-order valence-electron chi connectivity index (χ0n) is 12.3.